The summed E-state index contributed by atoms with van der Waals surface area (Å²) >= 11 is 0. The second kappa shape index (κ2) is 7.07. The predicted octanol–water partition coefficient (Wildman–Crippen LogP) is 2.85. The van der Waals surface area contributed by atoms with Crippen LogP contribution in [0.4, 0.5) is 4.79 Å². The van der Waals surface area contributed by atoms with Crippen molar-refractivity contribution in [3.8, 4) is 11.5 Å². The SMILES string of the molecule is COc1ccc(C2(C)NC(=O)N(CCOc3ccccc3C)C2=O)cc1. The largest absolute Gasteiger partial charge is 0.497 e. The summed E-state index contributed by atoms with van der Waals surface area (Å²) in [5.74, 6) is 1.15. The van der Waals surface area contributed by atoms with Crippen LogP contribution in [-0.4, -0.2) is 37.1 Å². The smallest absolute Gasteiger partial charge is 0.325 e. The van der Waals surface area contributed by atoms with E-state index in [9.17, 15) is 9.59 Å². The number of carbonyl (C=O) groups excluding carboxylic acids is 2. The fourth-order valence-electron chi connectivity index (χ4n) is 2.99. The van der Waals surface area contributed by atoms with Gasteiger partial charge in [-0.05, 0) is 43.2 Å². The predicted molar refractivity (Wildman–Crippen MR) is 97.3 cm³/mol. The van der Waals surface area contributed by atoms with Gasteiger partial charge in [0.25, 0.3) is 5.91 Å². The number of nitrogens with zero attached hydrogens (tertiary/aromatic N) is 1. The summed E-state index contributed by atoms with van der Waals surface area (Å²) in [4.78, 5) is 26.4. The van der Waals surface area contributed by atoms with Gasteiger partial charge in [0, 0.05) is 0 Å². The lowest BCUT2D eigenvalue weighted by Crippen LogP contribution is -2.41. The molecule has 0 aliphatic carbocycles. The zero-order chi connectivity index (χ0) is 18.7. The van der Waals surface area contributed by atoms with Gasteiger partial charge in [-0.25, -0.2) is 4.79 Å². The maximum absolute atomic E-state index is 12.9. The molecule has 1 aliphatic heterocycles. The van der Waals surface area contributed by atoms with E-state index in [4.69, 9.17) is 9.47 Å². The first-order chi connectivity index (χ1) is 12.5. The number of rotatable bonds is 6. The number of hydrogen-bond acceptors (Lipinski definition) is 4. The first-order valence-electron chi connectivity index (χ1n) is 8.43. The Balaban J connectivity index is 1.69. The first-order valence-corrected chi connectivity index (χ1v) is 8.43. The molecule has 6 heteroatoms. The third-order valence-electron chi connectivity index (χ3n) is 4.61. The third-order valence-corrected chi connectivity index (χ3v) is 4.61. The van der Waals surface area contributed by atoms with Crippen LogP contribution in [-0.2, 0) is 10.3 Å². The normalized spacial score (nSPS) is 19.4. The van der Waals surface area contributed by atoms with E-state index in [1.165, 1.54) is 4.90 Å². The van der Waals surface area contributed by atoms with Gasteiger partial charge < -0.3 is 14.8 Å². The Kier molecular flexibility index (Phi) is 4.84. The van der Waals surface area contributed by atoms with E-state index in [0.29, 0.717) is 11.3 Å². The van der Waals surface area contributed by atoms with Crippen LogP contribution in [0.5, 0.6) is 11.5 Å². The van der Waals surface area contributed by atoms with Gasteiger partial charge in [0.15, 0.2) is 0 Å². The summed E-state index contributed by atoms with van der Waals surface area (Å²) in [5, 5.41) is 2.79. The van der Waals surface area contributed by atoms with Gasteiger partial charge in [-0.3, -0.25) is 9.69 Å². The van der Waals surface area contributed by atoms with Gasteiger partial charge in [-0.15, -0.1) is 0 Å². The van der Waals surface area contributed by atoms with Crippen LogP contribution >= 0.6 is 0 Å². The highest BCUT2D eigenvalue weighted by molar-refractivity contribution is 6.07. The van der Waals surface area contributed by atoms with Crippen molar-refractivity contribution in [2.24, 2.45) is 0 Å². The quantitative estimate of drug-likeness (QED) is 0.810. The highest BCUT2D eigenvalue weighted by Crippen LogP contribution is 2.30. The zero-order valence-corrected chi connectivity index (χ0v) is 15.1. The lowest BCUT2D eigenvalue weighted by atomic mass is 9.92. The topological polar surface area (TPSA) is 67.9 Å². The van der Waals surface area contributed by atoms with E-state index in [0.717, 1.165) is 11.3 Å². The number of hydrogen-bond donors (Lipinski definition) is 1. The number of benzene rings is 2. The molecule has 26 heavy (non-hydrogen) atoms. The lowest BCUT2D eigenvalue weighted by Gasteiger charge is -2.22. The van der Waals surface area contributed by atoms with Gasteiger partial charge in [0.05, 0.1) is 13.7 Å². The van der Waals surface area contributed by atoms with Gasteiger partial charge in [0.1, 0.15) is 23.6 Å². The second-order valence-electron chi connectivity index (χ2n) is 6.35. The van der Waals surface area contributed by atoms with Crippen LogP contribution in [0.15, 0.2) is 48.5 Å². The van der Waals surface area contributed by atoms with Crippen molar-refractivity contribution in [3.63, 3.8) is 0 Å². The number of methoxy groups -OCH3 is 1. The van der Waals surface area contributed by atoms with Crippen LogP contribution in [0, 0.1) is 6.92 Å². The second-order valence-corrected chi connectivity index (χ2v) is 6.35. The maximum atomic E-state index is 12.9. The molecule has 1 heterocycles. The van der Waals surface area contributed by atoms with E-state index < -0.39 is 11.6 Å². The van der Waals surface area contributed by atoms with Gasteiger partial charge >= 0.3 is 6.03 Å². The van der Waals surface area contributed by atoms with Crippen molar-refractivity contribution in [2.75, 3.05) is 20.3 Å². The molecule has 1 unspecified atom stereocenters. The van der Waals surface area contributed by atoms with Crippen molar-refractivity contribution in [3.05, 3.63) is 59.7 Å². The molecule has 0 aromatic heterocycles. The Bertz CT molecular complexity index is 819. The molecular formula is C20H22N2O4. The molecule has 0 spiro atoms. The molecule has 1 N–H and O–H groups in total. The number of urea groups is 1. The molecular weight excluding hydrogens is 332 g/mol. The summed E-state index contributed by atoms with van der Waals surface area (Å²) in [7, 11) is 1.58. The maximum Gasteiger partial charge on any atom is 0.325 e. The Morgan fingerprint density at radius 1 is 1.08 bits per heavy atom. The minimum absolute atomic E-state index is 0.185. The van der Waals surface area contributed by atoms with E-state index in [1.54, 1.807) is 38.3 Å². The molecule has 2 aromatic carbocycles. The molecule has 0 bridgehead atoms. The van der Waals surface area contributed by atoms with E-state index in [1.807, 2.05) is 31.2 Å². The Morgan fingerprint density at radius 3 is 2.42 bits per heavy atom. The number of aryl methyl sites for hydroxylation is 1. The highest BCUT2D eigenvalue weighted by Gasteiger charge is 2.48. The number of nitrogens with one attached hydrogen (secondary N) is 1. The molecule has 6 nitrogen and oxygen atoms in total. The number of para-hydroxylation sites is 1. The third kappa shape index (κ3) is 3.22. The van der Waals surface area contributed by atoms with Gasteiger partial charge in [-0.2, -0.15) is 0 Å². The molecule has 0 saturated carbocycles. The molecule has 1 atom stereocenters. The average molecular weight is 354 g/mol. The highest BCUT2D eigenvalue weighted by atomic mass is 16.5. The van der Waals surface area contributed by atoms with Crippen LogP contribution in [0.1, 0.15) is 18.1 Å². The molecule has 1 aliphatic rings. The van der Waals surface area contributed by atoms with Crippen molar-refractivity contribution in [1.29, 1.82) is 0 Å². The number of imide groups is 1. The zero-order valence-electron chi connectivity index (χ0n) is 15.1. The van der Waals surface area contributed by atoms with Gasteiger partial charge in [0.2, 0.25) is 0 Å². The molecule has 136 valence electrons. The van der Waals surface area contributed by atoms with E-state index >= 15 is 0 Å². The molecule has 1 saturated heterocycles. The summed E-state index contributed by atoms with van der Waals surface area (Å²) in [5.41, 5.74) is 0.623. The Labute approximate surface area is 152 Å². The first kappa shape index (κ1) is 17.8. The van der Waals surface area contributed by atoms with Crippen LogP contribution < -0.4 is 14.8 Å². The van der Waals surface area contributed by atoms with Crippen LogP contribution in [0.2, 0.25) is 0 Å². The molecule has 1 fully saturated rings. The van der Waals surface area contributed by atoms with E-state index in [2.05, 4.69) is 5.32 Å². The Morgan fingerprint density at radius 2 is 1.77 bits per heavy atom. The van der Waals surface area contributed by atoms with Crippen molar-refractivity contribution in [2.45, 2.75) is 19.4 Å². The molecule has 3 amide bonds. The monoisotopic (exact) mass is 354 g/mol. The van der Waals surface area contributed by atoms with Crippen molar-refractivity contribution >= 4 is 11.9 Å². The van der Waals surface area contributed by atoms with Crippen LogP contribution in [0.3, 0.4) is 0 Å². The summed E-state index contributed by atoms with van der Waals surface area (Å²) < 4.78 is 10.8. The Hall–Kier alpha value is -3.02. The number of carbonyl (C=O) groups is 2. The molecule has 0 radical (unpaired) electrons. The average Bonchev–Trinajstić information content (AvgIpc) is 2.87. The lowest BCUT2D eigenvalue weighted by molar-refractivity contribution is -0.131. The fourth-order valence-corrected chi connectivity index (χ4v) is 2.99. The van der Waals surface area contributed by atoms with Gasteiger partial charge in [-0.1, -0.05) is 30.3 Å². The van der Waals surface area contributed by atoms with Crippen molar-refractivity contribution in [1.82, 2.24) is 10.2 Å². The standard InChI is InChI=1S/C20H22N2O4/c1-14-6-4-5-7-17(14)26-13-12-22-18(23)20(2,21-19(22)24)15-8-10-16(25-3)11-9-15/h4-11H,12-13H2,1-3H3,(H,21,24). The van der Waals surface area contributed by atoms with E-state index in [-0.39, 0.29) is 19.1 Å². The number of amides is 3. The summed E-state index contributed by atoms with van der Waals surface area (Å²) in [6, 6.07) is 14.3. The minimum atomic E-state index is -1.09. The minimum Gasteiger partial charge on any atom is -0.497 e. The fraction of sp³-hybridized carbons (Fsp3) is 0.300. The van der Waals surface area contributed by atoms with Crippen molar-refractivity contribution < 1.29 is 19.1 Å². The summed E-state index contributed by atoms with van der Waals surface area (Å²) in [6.07, 6.45) is 0. The molecule has 2 aromatic rings. The van der Waals surface area contributed by atoms with Crippen LogP contribution in [0.25, 0.3) is 0 Å². The number of ether oxygens (including phenoxy) is 2. The molecule has 3 rings (SSSR count). The summed E-state index contributed by atoms with van der Waals surface area (Å²) in [6.45, 7) is 4.08.